The first kappa shape index (κ1) is 25.7. The summed E-state index contributed by atoms with van der Waals surface area (Å²) in [5.74, 6) is 0.524. The summed E-state index contributed by atoms with van der Waals surface area (Å²) in [5, 5.41) is 6.71. The molecule has 0 saturated carbocycles. The molecule has 2 aromatic heterocycles. The van der Waals surface area contributed by atoms with Gasteiger partial charge in [0.05, 0.1) is 18.4 Å². The first-order valence-corrected chi connectivity index (χ1v) is 12.0. The highest BCUT2D eigenvalue weighted by molar-refractivity contribution is 6.04. The van der Waals surface area contributed by atoms with Crippen molar-refractivity contribution in [2.45, 2.75) is 6.92 Å². The van der Waals surface area contributed by atoms with E-state index >= 15 is 0 Å². The molecule has 3 N–H and O–H groups in total. The fraction of sp³-hybridized carbons (Fsp3) is 0.250. The second kappa shape index (κ2) is 11.6. The van der Waals surface area contributed by atoms with E-state index in [0.717, 1.165) is 45.6 Å². The van der Waals surface area contributed by atoms with Crippen LogP contribution in [0.1, 0.15) is 17.3 Å². The van der Waals surface area contributed by atoms with Crippen LogP contribution in [0.15, 0.2) is 60.9 Å². The van der Waals surface area contributed by atoms with Crippen molar-refractivity contribution in [1.29, 1.82) is 0 Å². The number of rotatable bonds is 9. The summed E-state index contributed by atoms with van der Waals surface area (Å²) in [6, 6.07) is 15.2. The van der Waals surface area contributed by atoms with Crippen molar-refractivity contribution < 1.29 is 19.1 Å². The Morgan fingerprint density at radius 1 is 1.05 bits per heavy atom. The van der Waals surface area contributed by atoms with Crippen molar-refractivity contribution in [1.82, 2.24) is 20.2 Å². The number of carbonyl (C=O) groups excluding carboxylic acids is 2. The Kier molecular flexibility index (Phi) is 8.05. The topological polar surface area (TPSA) is 109 Å². The second-order valence-electron chi connectivity index (χ2n) is 8.60. The first-order chi connectivity index (χ1) is 17.9. The average Bonchev–Trinajstić information content (AvgIpc) is 3.34. The smallest absolute Gasteiger partial charge is 0.411 e. The Morgan fingerprint density at radius 2 is 1.86 bits per heavy atom. The molecule has 0 atom stereocenters. The second-order valence-corrected chi connectivity index (χ2v) is 8.60. The van der Waals surface area contributed by atoms with Crippen LogP contribution in [0.4, 0.5) is 10.5 Å². The van der Waals surface area contributed by atoms with Gasteiger partial charge < -0.3 is 24.7 Å². The lowest BCUT2D eigenvalue weighted by atomic mass is 9.99. The van der Waals surface area contributed by atoms with Crippen molar-refractivity contribution in [3.8, 4) is 28.0 Å². The van der Waals surface area contributed by atoms with Crippen LogP contribution in [-0.2, 0) is 4.74 Å². The highest BCUT2D eigenvalue weighted by Crippen LogP contribution is 2.36. The number of anilines is 1. The van der Waals surface area contributed by atoms with Crippen LogP contribution in [-0.4, -0.2) is 67.8 Å². The monoisotopic (exact) mass is 501 g/mol. The standard InChI is InChI=1S/C28H31N5O4/c1-5-29-12-13-37-28(35)32-24-11-10-18(14-22(24)27(34)33(2)3)19-15-21-23(17-31-26(21)30-16-19)20-8-6-7-9-25(20)36-4/h6-11,14-17,29H,5,12-13H2,1-4H3,(H,30,31)(H,32,35). The fourth-order valence-electron chi connectivity index (χ4n) is 4.04. The molecule has 2 amide bonds. The van der Waals surface area contributed by atoms with E-state index in [2.05, 4.69) is 20.6 Å². The third-order valence-electron chi connectivity index (χ3n) is 5.92. The fourth-order valence-corrected chi connectivity index (χ4v) is 4.04. The molecule has 0 aliphatic carbocycles. The maximum Gasteiger partial charge on any atom is 0.411 e. The molecule has 0 fully saturated rings. The quantitative estimate of drug-likeness (QED) is 0.285. The number of methoxy groups -OCH3 is 1. The minimum atomic E-state index is -0.615. The molecule has 4 aromatic rings. The number of hydrogen-bond acceptors (Lipinski definition) is 6. The Bertz CT molecular complexity index is 1410. The lowest BCUT2D eigenvalue weighted by molar-refractivity contribution is 0.0828. The zero-order valence-corrected chi connectivity index (χ0v) is 21.4. The van der Waals surface area contributed by atoms with Crippen LogP contribution in [0.2, 0.25) is 0 Å². The predicted octanol–water partition coefficient (Wildman–Crippen LogP) is 4.77. The number of nitrogens with one attached hydrogen (secondary N) is 3. The van der Waals surface area contributed by atoms with Gasteiger partial charge in [0.1, 0.15) is 18.0 Å². The van der Waals surface area contributed by atoms with Crippen molar-refractivity contribution >= 4 is 28.7 Å². The number of ether oxygens (including phenoxy) is 2. The largest absolute Gasteiger partial charge is 0.496 e. The van der Waals surface area contributed by atoms with Gasteiger partial charge in [-0.25, -0.2) is 9.78 Å². The minimum absolute atomic E-state index is 0.228. The number of benzene rings is 2. The van der Waals surface area contributed by atoms with E-state index in [0.29, 0.717) is 17.8 Å². The van der Waals surface area contributed by atoms with Crippen molar-refractivity contribution in [2.75, 3.05) is 46.2 Å². The molecule has 2 heterocycles. The van der Waals surface area contributed by atoms with Gasteiger partial charge in [0.2, 0.25) is 0 Å². The Labute approximate surface area is 215 Å². The third-order valence-corrected chi connectivity index (χ3v) is 5.92. The maximum absolute atomic E-state index is 13.0. The molecule has 0 saturated heterocycles. The molecule has 2 aromatic carbocycles. The van der Waals surface area contributed by atoms with Gasteiger partial charge in [0, 0.05) is 55.1 Å². The van der Waals surface area contributed by atoms with Crippen molar-refractivity contribution in [3.05, 3.63) is 66.5 Å². The highest BCUT2D eigenvalue weighted by atomic mass is 16.5. The van der Waals surface area contributed by atoms with Crippen molar-refractivity contribution in [2.24, 2.45) is 0 Å². The molecular formula is C28H31N5O4. The van der Waals surface area contributed by atoms with Gasteiger partial charge in [0.15, 0.2) is 0 Å². The molecule has 37 heavy (non-hydrogen) atoms. The SMILES string of the molecule is CCNCCOC(=O)Nc1ccc(-c2cnc3[nH]cc(-c4ccccc4OC)c3c2)cc1C(=O)N(C)C. The molecule has 9 nitrogen and oxygen atoms in total. The Balaban J connectivity index is 1.69. The number of H-pyrrole nitrogens is 1. The number of aromatic nitrogens is 2. The van der Waals surface area contributed by atoms with Gasteiger partial charge in [-0.05, 0) is 36.4 Å². The Hall–Kier alpha value is -4.37. The summed E-state index contributed by atoms with van der Waals surface area (Å²) in [6.07, 6.45) is 3.05. The van der Waals surface area contributed by atoms with Crippen LogP contribution in [0.5, 0.6) is 5.75 Å². The minimum Gasteiger partial charge on any atom is -0.496 e. The molecule has 0 bridgehead atoms. The van der Waals surface area contributed by atoms with Crippen LogP contribution < -0.4 is 15.4 Å². The van der Waals surface area contributed by atoms with Crippen LogP contribution in [0.25, 0.3) is 33.3 Å². The van der Waals surface area contributed by atoms with E-state index in [1.807, 2.05) is 49.5 Å². The number of fused-ring (bicyclic) bond motifs is 1. The first-order valence-electron chi connectivity index (χ1n) is 12.0. The number of likely N-dealkylation sites (N-methyl/N-ethyl adjacent to an activating group) is 1. The van der Waals surface area contributed by atoms with E-state index in [1.165, 1.54) is 4.90 Å². The number of amides is 2. The summed E-state index contributed by atoms with van der Waals surface area (Å²) < 4.78 is 10.8. The molecule has 192 valence electrons. The summed E-state index contributed by atoms with van der Waals surface area (Å²) in [7, 11) is 4.98. The lowest BCUT2D eigenvalue weighted by Crippen LogP contribution is -2.26. The van der Waals surface area contributed by atoms with E-state index in [-0.39, 0.29) is 12.5 Å². The van der Waals surface area contributed by atoms with Gasteiger partial charge in [-0.3, -0.25) is 10.1 Å². The van der Waals surface area contributed by atoms with Crippen LogP contribution in [0.3, 0.4) is 0 Å². The average molecular weight is 502 g/mol. The normalized spacial score (nSPS) is 10.8. The molecule has 4 rings (SSSR count). The summed E-state index contributed by atoms with van der Waals surface area (Å²) in [4.78, 5) is 34.6. The van der Waals surface area contributed by atoms with Gasteiger partial charge >= 0.3 is 6.09 Å². The van der Waals surface area contributed by atoms with E-state index in [4.69, 9.17) is 9.47 Å². The lowest BCUT2D eigenvalue weighted by Gasteiger charge is -2.16. The van der Waals surface area contributed by atoms with Gasteiger partial charge in [-0.1, -0.05) is 31.2 Å². The van der Waals surface area contributed by atoms with E-state index in [1.54, 1.807) is 39.5 Å². The zero-order valence-electron chi connectivity index (χ0n) is 21.4. The number of hydrogen-bond donors (Lipinski definition) is 3. The molecule has 0 radical (unpaired) electrons. The van der Waals surface area contributed by atoms with Gasteiger partial charge in [0.25, 0.3) is 5.91 Å². The van der Waals surface area contributed by atoms with E-state index in [9.17, 15) is 9.59 Å². The maximum atomic E-state index is 13.0. The van der Waals surface area contributed by atoms with Crippen molar-refractivity contribution in [3.63, 3.8) is 0 Å². The molecule has 0 aliphatic heterocycles. The third kappa shape index (κ3) is 5.73. The molecule has 0 unspecified atom stereocenters. The number of pyridine rings is 1. The number of para-hydroxylation sites is 1. The molecule has 0 aliphatic rings. The molecule has 9 heteroatoms. The Morgan fingerprint density at radius 3 is 2.62 bits per heavy atom. The summed E-state index contributed by atoms with van der Waals surface area (Å²) in [5.41, 5.74) is 5.00. The predicted molar refractivity (Wildman–Crippen MR) is 145 cm³/mol. The summed E-state index contributed by atoms with van der Waals surface area (Å²) >= 11 is 0. The number of aromatic amines is 1. The molecular weight excluding hydrogens is 470 g/mol. The van der Waals surface area contributed by atoms with Crippen LogP contribution >= 0.6 is 0 Å². The molecule has 0 spiro atoms. The van der Waals surface area contributed by atoms with Gasteiger partial charge in [-0.15, -0.1) is 0 Å². The summed E-state index contributed by atoms with van der Waals surface area (Å²) in [6.45, 7) is 3.55. The highest BCUT2D eigenvalue weighted by Gasteiger charge is 2.18. The van der Waals surface area contributed by atoms with Crippen LogP contribution in [0, 0.1) is 0 Å². The number of nitrogens with zero attached hydrogens (tertiary/aromatic N) is 2. The van der Waals surface area contributed by atoms with E-state index < -0.39 is 6.09 Å². The number of carbonyl (C=O) groups is 2. The zero-order chi connectivity index (χ0) is 26.4. The van der Waals surface area contributed by atoms with Gasteiger partial charge in [-0.2, -0.15) is 0 Å².